The maximum Gasteiger partial charge on any atom is 0.241 e. The molecule has 1 unspecified atom stereocenters. The number of nitrogens with two attached hydrogens (primary N) is 1. The number of nitrogens with one attached hydrogen (secondary N) is 2. The highest BCUT2D eigenvalue weighted by molar-refractivity contribution is 7.89. The van der Waals surface area contributed by atoms with E-state index in [0.717, 1.165) is 12.1 Å². The van der Waals surface area contributed by atoms with Gasteiger partial charge in [-0.2, -0.15) is 0 Å². The minimum atomic E-state index is -3.83. The predicted molar refractivity (Wildman–Crippen MR) is 72.2 cm³/mol. The Balaban J connectivity index is 3.25. The summed E-state index contributed by atoms with van der Waals surface area (Å²) in [6.45, 7) is 4.78. The lowest BCUT2D eigenvalue weighted by Gasteiger charge is -2.18. The van der Waals surface area contributed by atoms with Gasteiger partial charge in [0.05, 0.1) is 10.9 Å². The Bertz CT molecular complexity index is 576. The van der Waals surface area contributed by atoms with Gasteiger partial charge in [0.2, 0.25) is 10.0 Å². The lowest BCUT2D eigenvalue weighted by atomic mass is 10.1. The molecule has 1 aromatic carbocycles. The molecule has 5 nitrogen and oxygen atoms in total. The SMILES string of the molecule is CCC(NS(=O)(=O)c1c(C)cc(F)cc1C)C(=N)N. The molecule has 1 rings (SSSR count). The van der Waals surface area contributed by atoms with Crippen LogP contribution in [0.2, 0.25) is 0 Å². The van der Waals surface area contributed by atoms with Crippen LogP contribution in [0.4, 0.5) is 4.39 Å². The van der Waals surface area contributed by atoms with E-state index in [2.05, 4.69) is 4.72 Å². The van der Waals surface area contributed by atoms with Crippen LogP contribution >= 0.6 is 0 Å². The van der Waals surface area contributed by atoms with Crippen molar-refractivity contribution in [3.05, 3.63) is 29.1 Å². The van der Waals surface area contributed by atoms with Crippen LogP contribution in [0.1, 0.15) is 24.5 Å². The van der Waals surface area contributed by atoms with E-state index in [1.807, 2.05) is 0 Å². The number of halogens is 1. The van der Waals surface area contributed by atoms with Crippen LogP contribution in [0, 0.1) is 25.1 Å². The van der Waals surface area contributed by atoms with Crippen LogP contribution in [0.3, 0.4) is 0 Å². The lowest BCUT2D eigenvalue weighted by molar-refractivity contribution is 0.568. The third-order valence-corrected chi connectivity index (χ3v) is 4.55. The van der Waals surface area contributed by atoms with Gasteiger partial charge in [0.15, 0.2) is 0 Å². The normalized spacial score (nSPS) is 13.3. The summed E-state index contributed by atoms with van der Waals surface area (Å²) >= 11 is 0. The highest BCUT2D eigenvalue weighted by Gasteiger charge is 2.24. The van der Waals surface area contributed by atoms with E-state index in [1.54, 1.807) is 6.92 Å². The fourth-order valence-corrected chi connectivity index (χ4v) is 3.69. The number of benzene rings is 1. The quantitative estimate of drug-likeness (QED) is 0.564. The molecular formula is C12H18FN3O2S. The Labute approximate surface area is 112 Å². The van der Waals surface area contributed by atoms with Crippen LogP contribution in [-0.4, -0.2) is 20.3 Å². The Morgan fingerprint density at radius 3 is 2.26 bits per heavy atom. The van der Waals surface area contributed by atoms with Gasteiger partial charge < -0.3 is 5.73 Å². The van der Waals surface area contributed by atoms with Crippen LogP contribution in [0.5, 0.6) is 0 Å². The molecule has 0 heterocycles. The molecule has 0 spiro atoms. The third-order valence-electron chi connectivity index (χ3n) is 2.77. The van der Waals surface area contributed by atoms with Crippen LogP contribution in [0.15, 0.2) is 17.0 Å². The molecule has 0 amide bonds. The highest BCUT2D eigenvalue weighted by Crippen LogP contribution is 2.21. The van der Waals surface area contributed by atoms with Gasteiger partial charge in [0, 0.05) is 0 Å². The fourth-order valence-electron chi connectivity index (χ4n) is 1.93. The zero-order valence-corrected chi connectivity index (χ0v) is 11.9. The van der Waals surface area contributed by atoms with Crippen molar-refractivity contribution in [3.63, 3.8) is 0 Å². The molecule has 0 saturated carbocycles. The number of amidine groups is 1. The second-order valence-electron chi connectivity index (χ2n) is 4.41. The molecule has 1 aromatic rings. The van der Waals surface area contributed by atoms with E-state index in [-0.39, 0.29) is 10.7 Å². The minimum absolute atomic E-state index is 0.0357. The molecule has 0 aliphatic carbocycles. The Hall–Kier alpha value is -1.47. The topological polar surface area (TPSA) is 96.0 Å². The van der Waals surface area contributed by atoms with Gasteiger partial charge in [0.25, 0.3) is 0 Å². The molecule has 7 heteroatoms. The number of rotatable bonds is 5. The van der Waals surface area contributed by atoms with Gasteiger partial charge in [-0.1, -0.05) is 6.92 Å². The Morgan fingerprint density at radius 2 is 1.89 bits per heavy atom. The first-order valence-corrected chi connectivity index (χ1v) is 7.30. The van der Waals surface area contributed by atoms with Gasteiger partial charge in [-0.05, 0) is 43.5 Å². The Morgan fingerprint density at radius 1 is 1.42 bits per heavy atom. The van der Waals surface area contributed by atoms with Crippen molar-refractivity contribution in [1.82, 2.24) is 4.72 Å². The summed E-state index contributed by atoms with van der Waals surface area (Å²) in [5.74, 6) is -0.726. The van der Waals surface area contributed by atoms with Crippen LogP contribution in [0.25, 0.3) is 0 Å². The molecule has 0 radical (unpaired) electrons. The number of hydrogen-bond donors (Lipinski definition) is 3. The molecule has 0 saturated heterocycles. The summed E-state index contributed by atoms with van der Waals surface area (Å²) in [4.78, 5) is 0.0357. The summed E-state index contributed by atoms with van der Waals surface area (Å²) < 4.78 is 40.1. The van der Waals surface area contributed by atoms with E-state index >= 15 is 0 Å². The molecule has 4 N–H and O–H groups in total. The minimum Gasteiger partial charge on any atom is -0.386 e. The molecule has 0 aliphatic rings. The molecule has 106 valence electrons. The van der Waals surface area contributed by atoms with Crippen molar-refractivity contribution in [2.45, 2.75) is 38.1 Å². The average molecular weight is 287 g/mol. The summed E-state index contributed by atoms with van der Waals surface area (Å²) in [6.07, 6.45) is 0.369. The van der Waals surface area contributed by atoms with E-state index in [1.165, 1.54) is 13.8 Å². The maximum absolute atomic E-state index is 13.2. The molecule has 1 atom stereocenters. The molecule has 0 bridgehead atoms. The third kappa shape index (κ3) is 3.51. The second-order valence-corrected chi connectivity index (χ2v) is 6.06. The van der Waals surface area contributed by atoms with Crippen molar-refractivity contribution >= 4 is 15.9 Å². The zero-order valence-electron chi connectivity index (χ0n) is 11.1. The summed E-state index contributed by atoms with van der Waals surface area (Å²) in [7, 11) is -3.83. The van der Waals surface area contributed by atoms with Crippen molar-refractivity contribution in [3.8, 4) is 0 Å². The van der Waals surface area contributed by atoms with Crippen molar-refractivity contribution in [2.75, 3.05) is 0 Å². The van der Waals surface area contributed by atoms with Crippen molar-refractivity contribution < 1.29 is 12.8 Å². The van der Waals surface area contributed by atoms with Crippen molar-refractivity contribution in [2.24, 2.45) is 5.73 Å². The van der Waals surface area contributed by atoms with Crippen LogP contribution in [-0.2, 0) is 10.0 Å². The summed E-state index contributed by atoms with van der Waals surface area (Å²) in [6, 6.07) is 1.57. The largest absolute Gasteiger partial charge is 0.386 e. The fraction of sp³-hybridized carbons (Fsp3) is 0.417. The van der Waals surface area contributed by atoms with Gasteiger partial charge in [-0.3, -0.25) is 5.41 Å². The number of aryl methyl sites for hydroxylation is 2. The van der Waals surface area contributed by atoms with E-state index in [0.29, 0.717) is 17.5 Å². The number of sulfonamides is 1. The second kappa shape index (κ2) is 5.66. The van der Waals surface area contributed by atoms with Crippen molar-refractivity contribution in [1.29, 1.82) is 5.41 Å². The highest BCUT2D eigenvalue weighted by atomic mass is 32.2. The van der Waals surface area contributed by atoms with Crippen LogP contribution < -0.4 is 10.5 Å². The predicted octanol–water partition coefficient (Wildman–Crippen LogP) is 1.44. The Kier molecular flexibility index (Phi) is 4.65. The van der Waals surface area contributed by atoms with E-state index in [9.17, 15) is 12.8 Å². The monoisotopic (exact) mass is 287 g/mol. The van der Waals surface area contributed by atoms with Gasteiger partial charge >= 0.3 is 0 Å². The molecule has 0 aliphatic heterocycles. The molecule has 0 fully saturated rings. The van der Waals surface area contributed by atoms with Gasteiger partial charge in [-0.25, -0.2) is 17.5 Å². The number of hydrogen-bond acceptors (Lipinski definition) is 3. The lowest BCUT2D eigenvalue weighted by Crippen LogP contribution is -2.43. The molecule has 0 aromatic heterocycles. The standard InChI is InChI=1S/C12H18FN3O2S/c1-4-10(12(14)15)16-19(17,18)11-7(2)5-9(13)6-8(11)3/h5-6,10,16H,4H2,1-3H3,(H3,14,15). The van der Waals surface area contributed by atoms with E-state index in [4.69, 9.17) is 11.1 Å². The maximum atomic E-state index is 13.2. The average Bonchev–Trinajstić information content (AvgIpc) is 2.23. The zero-order chi connectivity index (χ0) is 14.8. The summed E-state index contributed by atoms with van der Waals surface area (Å²) in [5.41, 5.74) is 5.97. The van der Waals surface area contributed by atoms with Gasteiger partial charge in [-0.15, -0.1) is 0 Å². The molecule has 19 heavy (non-hydrogen) atoms. The smallest absolute Gasteiger partial charge is 0.241 e. The van der Waals surface area contributed by atoms with Gasteiger partial charge in [0.1, 0.15) is 11.7 Å². The first kappa shape index (κ1) is 15.6. The molecular weight excluding hydrogens is 269 g/mol. The first-order valence-electron chi connectivity index (χ1n) is 5.82. The first-order chi connectivity index (χ1) is 8.69. The summed E-state index contributed by atoms with van der Waals surface area (Å²) in [5, 5.41) is 7.33. The van der Waals surface area contributed by atoms with E-state index < -0.39 is 21.9 Å².